The first-order valence-electron chi connectivity index (χ1n) is 2.61. The average Bonchev–Trinajstić information content (AvgIpc) is 1.85. The number of nitrogens with one attached hydrogen (secondary N) is 1. The van der Waals surface area contributed by atoms with Gasteiger partial charge in [0.25, 0.3) is 0 Å². The third-order valence-corrected chi connectivity index (χ3v) is 0.793. The van der Waals surface area contributed by atoms with Crippen LogP contribution >= 0.6 is 23.2 Å². The van der Waals surface area contributed by atoms with Crippen LogP contribution in [0.5, 0.6) is 0 Å². The number of carbonyl (C=O) groups excluding carboxylic acids is 1. The fourth-order valence-corrected chi connectivity index (χ4v) is 0.395. The highest BCUT2D eigenvalue weighted by atomic mass is 35.5. The number of carbonyl (C=O) groups is 1. The second-order valence-electron chi connectivity index (χ2n) is 1.30. The third-order valence-electron chi connectivity index (χ3n) is 0.575. The molecule has 0 fully saturated rings. The molecule has 0 aromatic rings. The van der Waals surface area contributed by atoms with Crippen LogP contribution in [0, 0.1) is 0 Å². The summed E-state index contributed by atoms with van der Waals surface area (Å²) in [7, 11) is 0. The number of hydrogen-bond donors (Lipinski definition) is 1. The molecule has 1 N–H and O–H groups in total. The van der Waals surface area contributed by atoms with E-state index in [-0.39, 0.29) is 4.49 Å². The summed E-state index contributed by atoms with van der Waals surface area (Å²) in [6.45, 7) is 2.02. The summed E-state index contributed by atoms with van der Waals surface area (Å²) in [5, 5.41) is 2.20. The van der Waals surface area contributed by atoms with Gasteiger partial charge in [-0.15, -0.1) is 0 Å². The molecule has 0 spiro atoms. The van der Waals surface area contributed by atoms with Crippen molar-refractivity contribution >= 4 is 29.3 Å². The molecular weight excluding hydrogens is 177 g/mol. The Balaban J connectivity index is 3.49. The number of alkyl carbamates (subject to hydrolysis) is 1. The molecule has 0 heterocycles. The number of hydrogen-bond acceptors (Lipinski definition) is 2. The number of ether oxygens (including phenoxy) is 1. The lowest BCUT2D eigenvalue weighted by molar-refractivity contribution is 0.156. The lowest BCUT2D eigenvalue weighted by Crippen LogP contribution is -2.18. The zero-order chi connectivity index (χ0) is 7.98. The molecule has 0 saturated carbocycles. The SMILES string of the molecule is CCOC(=O)NC=C(Cl)Cl. The summed E-state index contributed by atoms with van der Waals surface area (Å²) < 4.78 is 4.46. The molecule has 0 rings (SSSR count). The molecule has 1 amide bonds. The summed E-state index contributed by atoms with van der Waals surface area (Å²) in [6.07, 6.45) is 0.572. The molecule has 0 aromatic heterocycles. The van der Waals surface area contributed by atoms with Crippen LogP contribution in [-0.2, 0) is 4.74 Å². The maximum absolute atomic E-state index is 10.5. The number of amides is 1. The molecule has 0 aromatic carbocycles. The van der Waals surface area contributed by atoms with E-state index in [1.165, 1.54) is 0 Å². The van der Waals surface area contributed by atoms with Crippen molar-refractivity contribution in [1.29, 1.82) is 0 Å². The molecule has 3 nitrogen and oxygen atoms in total. The van der Waals surface area contributed by atoms with Gasteiger partial charge in [-0.1, -0.05) is 23.2 Å². The van der Waals surface area contributed by atoms with Gasteiger partial charge < -0.3 is 4.74 Å². The Morgan fingerprint density at radius 2 is 2.30 bits per heavy atom. The lowest BCUT2D eigenvalue weighted by Gasteiger charge is -1.98. The largest absolute Gasteiger partial charge is 0.450 e. The molecule has 0 aliphatic carbocycles. The number of rotatable bonds is 2. The highest BCUT2D eigenvalue weighted by Crippen LogP contribution is 2.03. The van der Waals surface area contributed by atoms with E-state index in [0.29, 0.717) is 6.61 Å². The molecule has 0 radical (unpaired) electrons. The summed E-state index contributed by atoms with van der Waals surface area (Å²) >= 11 is 10.4. The second-order valence-corrected chi connectivity index (χ2v) is 2.31. The molecular formula is C5H7Cl2NO2. The summed E-state index contributed by atoms with van der Waals surface area (Å²) in [4.78, 5) is 10.5. The van der Waals surface area contributed by atoms with Crippen molar-refractivity contribution in [3.63, 3.8) is 0 Å². The minimum Gasteiger partial charge on any atom is -0.450 e. The topological polar surface area (TPSA) is 38.3 Å². The molecule has 5 heteroatoms. The summed E-state index contributed by atoms with van der Waals surface area (Å²) in [6, 6.07) is 0. The zero-order valence-corrected chi connectivity index (χ0v) is 6.87. The van der Waals surface area contributed by atoms with E-state index < -0.39 is 6.09 Å². The Bertz CT molecular complexity index is 143. The van der Waals surface area contributed by atoms with Crippen LogP contribution in [0.1, 0.15) is 6.92 Å². The smallest absolute Gasteiger partial charge is 0.411 e. The Kier molecular flexibility index (Phi) is 5.16. The van der Waals surface area contributed by atoms with Gasteiger partial charge in [0.05, 0.1) is 6.61 Å². The lowest BCUT2D eigenvalue weighted by atomic mass is 10.8. The predicted octanol–water partition coefficient (Wildman–Crippen LogP) is 2.01. The van der Waals surface area contributed by atoms with Gasteiger partial charge in [0, 0.05) is 6.20 Å². The van der Waals surface area contributed by atoms with Crippen LogP contribution < -0.4 is 5.32 Å². The van der Waals surface area contributed by atoms with Crippen molar-refractivity contribution in [2.75, 3.05) is 6.61 Å². The van der Waals surface area contributed by atoms with Crippen molar-refractivity contribution in [3.05, 3.63) is 10.7 Å². The van der Waals surface area contributed by atoms with Crippen LogP contribution in [0.4, 0.5) is 4.79 Å². The van der Waals surface area contributed by atoms with Crippen molar-refractivity contribution in [3.8, 4) is 0 Å². The van der Waals surface area contributed by atoms with Crippen molar-refractivity contribution in [2.24, 2.45) is 0 Å². The van der Waals surface area contributed by atoms with Gasteiger partial charge in [0.15, 0.2) is 0 Å². The van der Waals surface area contributed by atoms with Crippen molar-refractivity contribution in [2.45, 2.75) is 6.92 Å². The minimum atomic E-state index is -0.568. The maximum Gasteiger partial charge on any atom is 0.411 e. The van der Waals surface area contributed by atoms with Gasteiger partial charge in [0.1, 0.15) is 4.49 Å². The van der Waals surface area contributed by atoms with E-state index in [2.05, 4.69) is 10.1 Å². The van der Waals surface area contributed by atoms with Gasteiger partial charge >= 0.3 is 6.09 Å². The summed E-state index contributed by atoms with van der Waals surface area (Å²) in [5.74, 6) is 0. The van der Waals surface area contributed by atoms with Crippen LogP contribution in [0.15, 0.2) is 10.7 Å². The van der Waals surface area contributed by atoms with E-state index in [4.69, 9.17) is 23.2 Å². The highest BCUT2D eigenvalue weighted by Gasteiger charge is 1.94. The molecule has 0 aliphatic rings. The van der Waals surface area contributed by atoms with Gasteiger partial charge in [0.2, 0.25) is 0 Å². The molecule has 0 aliphatic heterocycles. The Hall–Kier alpha value is -0.410. The highest BCUT2D eigenvalue weighted by molar-refractivity contribution is 6.55. The van der Waals surface area contributed by atoms with Gasteiger partial charge in [-0.3, -0.25) is 5.32 Å². The van der Waals surface area contributed by atoms with E-state index in [0.717, 1.165) is 6.20 Å². The van der Waals surface area contributed by atoms with Crippen LogP contribution in [-0.4, -0.2) is 12.7 Å². The van der Waals surface area contributed by atoms with Gasteiger partial charge in [-0.05, 0) is 6.92 Å². The van der Waals surface area contributed by atoms with Crippen LogP contribution in [0.3, 0.4) is 0 Å². The third kappa shape index (κ3) is 5.72. The first kappa shape index (κ1) is 9.59. The molecule has 0 bridgehead atoms. The minimum absolute atomic E-state index is 0.0203. The monoisotopic (exact) mass is 183 g/mol. The first-order chi connectivity index (χ1) is 4.66. The molecule has 58 valence electrons. The Labute approximate surface area is 68.9 Å². The number of halogens is 2. The first-order valence-corrected chi connectivity index (χ1v) is 3.37. The zero-order valence-electron chi connectivity index (χ0n) is 5.36. The predicted molar refractivity (Wildman–Crippen MR) is 39.9 cm³/mol. The Morgan fingerprint density at radius 1 is 1.70 bits per heavy atom. The van der Waals surface area contributed by atoms with Crippen molar-refractivity contribution in [1.82, 2.24) is 5.32 Å². The fourth-order valence-electron chi connectivity index (χ4n) is 0.286. The second kappa shape index (κ2) is 5.38. The molecule has 0 atom stereocenters. The summed E-state index contributed by atoms with van der Waals surface area (Å²) in [5.41, 5.74) is 0. The normalized spacial score (nSPS) is 8.30. The average molecular weight is 184 g/mol. The van der Waals surface area contributed by atoms with E-state index in [1.807, 2.05) is 0 Å². The maximum atomic E-state index is 10.5. The molecule has 10 heavy (non-hydrogen) atoms. The molecule has 0 unspecified atom stereocenters. The van der Waals surface area contributed by atoms with Gasteiger partial charge in [-0.25, -0.2) is 4.79 Å². The van der Waals surface area contributed by atoms with Crippen molar-refractivity contribution < 1.29 is 9.53 Å². The quantitative estimate of drug-likeness (QED) is 0.712. The van der Waals surface area contributed by atoms with Crippen LogP contribution in [0.25, 0.3) is 0 Å². The standard InChI is InChI=1S/C5H7Cl2NO2/c1-2-10-5(9)8-3-4(6)7/h3H,2H2,1H3,(H,8,9). The van der Waals surface area contributed by atoms with E-state index in [9.17, 15) is 4.79 Å². The fraction of sp³-hybridized carbons (Fsp3) is 0.400. The van der Waals surface area contributed by atoms with Crippen LogP contribution in [0.2, 0.25) is 0 Å². The van der Waals surface area contributed by atoms with E-state index in [1.54, 1.807) is 6.92 Å². The van der Waals surface area contributed by atoms with Gasteiger partial charge in [-0.2, -0.15) is 0 Å². The van der Waals surface area contributed by atoms with E-state index >= 15 is 0 Å². The Morgan fingerprint density at radius 3 is 2.70 bits per heavy atom. The molecule has 0 saturated heterocycles.